The Kier molecular flexibility index (Phi) is 4.35. The van der Waals surface area contributed by atoms with Gasteiger partial charge in [0.15, 0.2) is 0 Å². The van der Waals surface area contributed by atoms with Gasteiger partial charge in [-0.3, -0.25) is 9.58 Å². The third-order valence-corrected chi connectivity index (χ3v) is 5.47. The second kappa shape index (κ2) is 6.63. The first-order chi connectivity index (χ1) is 11.7. The van der Waals surface area contributed by atoms with Crippen molar-refractivity contribution in [3.8, 4) is 0 Å². The minimum atomic E-state index is 0.114. The Bertz CT molecular complexity index is 575. The normalized spacial score (nSPS) is 25.8. The standard InChI is InChI=1S/C17H28N6O/c1-20-13-16(11-18-20)23-6-2-3-14(12-23)19-17(24)22-9-7-21(8-10-22)15-4-5-15/h11,13-15H,2-10,12H2,1H3,(H,19,24). The molecular weight excluding hydrogens is 304 g/mol. The summed E-state index contributed by atoms with van der Waals surface area (Å²) in [6.07, 6.45) is 8.80. The first-order valence-electron chi connectivity index (χ1n) is 9.22. The molecule has 1 aromatic rings. The van der Waals surface area contributed by atoms with E-state index in [9.17, 15) is 4.79 Å². The van der Waals surface area contributed by atoms with Crippen molar-refractivity contribution in [1.29, 1.82) is 0 Å². The summed E-state index contributed by atoms with van der Waals surface area (Å²) in [5.74, 6) is 0. The maximum Gasteiger partial charge on any atom is 0.317 e. The zero-order chi connectivity index (χ0) is 16.5. The molecule has 3 fully saturated rings. The van der Waals surface area contributed by atoms with Crippen molar-refractivity contribution in [2.24, 2.45) is 7.05 Å². The molecule has 2 saturated heterocycles. The monoisotopic (exact) mass is 332 g/mol. The lowest BCUT2D eigenvalue weighted by molar-refractivity contribution is 0.132. The van der Waals surface area contributed by atoms with Gasteiger partial charge in [0.1, 0.15) is 0 Å². The van der Waals surface area contributed by atoms with Crippen molar-refractivity contribution in [3.63, 3.8) is 0 Å². The van der Waals surface area contributed by atoms with Crippen LogP contribution in [0.3, 0.4) is 0 Å². The fourth-order valence-electron chi connectivity index (χ4n) is 3.90. The summed E-state index contributed by atoms with van der Waals surface area (Å²) in [5, 5.41) is 7.51. The van der Waals surface area contributed by atoms with Crippen molar-refractivity contribution < 1.29 is 4.79 Å². The smallest absolute Gasteiger partial charge is 0.317 e. The van der Waals surface area contributed by atoms with Gasteiger partial charge in [-0.05, 0) is 25.7 Å². The number of nitrogens with zero attached hydrogens (tertiary/aromatic N) is 5. The molecule has 2 aliphatic heterocycles. The molecule has 0 spiro atoms. The number of rotatable bonds is 3. The third kappa shape index (κ3) is 3.50. The van der Waals surface area contributed by atoms with E-state index >= 15 is 0 Å². The highest BCUT2D eigenvalue weighted by molar-refractivity contribution is 5.74. The number of carbonyl (C=O) groups excluding carboxylic acids is 1. The van der Waals surface area contributed by atoms with Gasteiger partial charge >= 0.3 is 6.03 Å². The average Bonchev–Trinajstić information content (AvgIpc) is 3.36. The average molecular weight is 332 g/mol. The fraction of sp³-hybridized carbons (Fsp3) is 0.765. The Morgan fingerprint density at radius 2 is 1.96 bits per heavy atom. The van der Waals surface area contributed by atoms with Gasteiger partial charge < -0.3 is 15.1 Å². The topological polar surface area (TPSA) is 56.6 Å². The molecule has 24 heavy (non-hydrogen) atoms. The largest absolute Gasteiger partial charge is 0.367 e. The van der Waals surface area contributed by atoms with E-state index in [1.165, 1.54) is 12.8 Å². The van der Waals surface area contributed by atoms with E-state index in [-0.39, 0.29) is 12.1 Å². The van der Waals surface area contributed by atoms with Crippen molar-refractivity contribution >= 4 is 11.7 Å². The number of aromatic nitrogens is 2. The Labute approximate surface area is 143 Å². The number of hydrogen-bond acceptors (Lipinski definition) is 4. The van der Waals surface area contributed by atoms with E-state index in [1.54, 1.807) is 0 Å². The number of piperazine rings is 1. The molecule has 132 valence electrons. The zero-order valence-electron chi connectivity index (χ0n) is 14.5. The van der Waals surface area contributed by atoms with Crippen molar-refractivity contribution in [2.75, 3.05) is 44.2 Å². The highest BCUT2D eigenvalue weighted by Gasteiger charge is 2.33. The van der Waals surface area contributed by atoms with Crippen LogP contribution in [0.2, 0.25) is 0 Å². The van der Waals surface area contributed by atoms with Gasteiger partial charge in [0.2, 0.25) is 0 Å². The number of urea groups is 1. The van der Waals surface area contributed by atoms with Crippen LogP contribution in [0, 0.1) is 0 Å². The van der Waals surface area contributed by atoms with Gasteiger partial charge in [0.25, 0.3) is 0 Å². The van der Waals surface area contributed by atoms with Gasteiger partial charge in [-0.2, -0.15) is 5.10 Å². The third-order valence-electron chi connectivity index (χ3n) is 5.47. The fourth-order valence-corrected chi connectivity index (χ4v) is 3.90. The molecule has 1 atom stereocenters. The van der Waals surface area contributed by atoms with E-state index in [0.717, 1.165) is 63.8 Å². The lowest BCUT2D eigenvalue weighted by Crippen LogP contribution is -2.56. The molecule has 1 aliphatic carbocycles. The van der Waals surface area contributed by atoms with E-state index in [0.29, 0.717) is 0 Å². The van der Waals surface area contributed by atoms with Crippen molar-refractivity contribution in [3.05, 3.63) is 12.4 Å². The maximum absolute atomic E-state index is 12.6. The number of piperidine rings is 1. The highest BCUT2D eigenvalue weighted by atomic mass is 16.2. The molecule has 3 heterocycles. The van der Waals surface area contributed by atoms with E-state index < -0.39 is 0 Å². The molecule has 0 radical (unpaired) electrons. The maximum atomic E-state index is 12.6. The Morgan fingerprint density at radius 3 is 2.62 bits per heavy atom. The number of nitrogens with one attached hydrogen (secondary N) is 1. The molecule has 1 N–H and O–H groups in total. The minimum Gasteiger partial charge on any atom is -0.367 e. The lowest BCUT2D eigenvalue weighted by Gasteiger charge is -2.38. The molecule has 1 saturated carbocycles. The molecule has 1 unspecified atom stereocenters. The van der Waals surface area contributed by atoms with Gasteiger partial charge in [-0.1, -0.05) is 0 Å². The molecule has 0 aromatic carbocycles. The van der Waals surface area contributed by atoms with Gasteiger partial charge in [0.05, 0.1) is 11.9 Å². The van der Waals surface area contributed by atoms with Crippen molar-refractivity contribution in [1.82, 2.24) is 24.9 Å². The van der Waals surface area contributed by atoms with Crippen LogP contribution in [0.4, 0.5) is 10.5 Å². The van der Waals surface area contributed by atoms with Gasteiger partial charge in [-0.25, -0.2) is 4.79 Å². The van der Waals surface area contributed by atoms with Gasteiger partial charge in [0, 0.05) is 64.6 Å². The first-order valence-corrected chi connectivity index (χ1v) is 9.22. The summed E-state index contributed by atoms with van der Waals surface area (Å²) < 4.78 is 1.83. The summed E-state index contributed by atoms with van der Waals surface area (Å²) in [4.78, 5) is 19.4. The number of anilines is 1. The lowest BCUT2D eigenvalue weighted by atomic mass is 10.1. The molecule has 2 amide bonds. The summed E-state index contributed by atoms with van der Waals surface area (Å²) in [5.41, 5.74) is 1.15. The summed E-state index contributed by atoms with van der Waals surface area (Å²) >= 11 is 0. The van der Waals surface area contributed by atoms with Crippen LogP contribution in [0.5, 0.6) is 0 Å². The summed E-state index contributed by atoms with van der Waals surface area (Å²) in [6.45, 7) is 5.70. The Balaban J connectivity index is 1.27. The summed E-state index contributed by atoms with van der Waals surface area (Å²) in [6, 6.07) is 1.15. The SMILES string of the molecule is Cn1cc(N2CCCC(NC(=O)N3CCN(C4CC4)CC3)C2)cn1. The minimum absolute atomic E-state index is 0.114. The predicted molar refractivity (Wildman–Crippen MR) is 93.1 cm³/mol. The zero-order valence-corrected chi connectivity index (χ0v) is 14.5. The second-order valence-electron chi connectivity index (χ2n) is 7.36. The molecule has 7 heteroatoms. The Morgan fingerprint density at radius 1 is 1.17 bits per heavy atom. The quantitative estimate of drug-likeness (QED) is 0.893. The number of carbonyl (C=O) groups is 1. The Hall–Kier alpha value is -1.76. The second-order valence-corrected chi connectivity index (χ2v) is 7.36. The first kappa shape index (κ1) is 15.7. The number of amides is 2. The predicted octanol–water partition coefficient (Wildman–Crippen LogP) is 0.879. The van der Waals surface area contributed by atoms with Crippen LogP contribution in [0.1, 0.15) is 25.7 Å². The molecule has 3 aliphatic rings. The molecule has 1 aromatic heterocycles. The van der Waals surface area contributed by atoms with Gasteiger partial charge in [-0.15, -0.1) is 0 Å². The molecule has 7 nitrogen and oxygen atoms in total. The van der Waals surface area contributed by atoms with Crippen LogP contribution < -0.4 is 10.2 Å². The van der Waals surface area contributed by atoms with E-state index in [1.807, 2.05) is 29.0 Å². The highest BCUT2D eigenvalue weighted by Crippen LogP contribution is 2.27. The van der Waals surface area contributed by atoms with Crippen LogP contribution in [-0.4, -0.2) is 77.0 Å². The van der Waals surface area contributed by atoms with Crippen LogP contribution in [0.15, 0.2) is 12.4 Å². The van der Waals surface area contributed by atoms with Crippen LogP contribution >= 0.6 is 0 Å². The van der Waals surface area contributed by atoms with Crippen LogP contribution in [-0.2, 0) is 7.05 Å². The molecule has 0 bridgehead atoms. The summed E-state index contributed by atoms with van der Waals surface area (Å²) in [7, 11) is 1.94. The molecule has 4 rings (SSSR count). The number of aryl methyl sites for hydroxylation is 1. The van der Waals surface area contributed by atoms with E-state index in [4.69, 9.17) is 0 Å². The number of hydrogen-bond donors (Lipinski definition) is 1. The van der Waals surface area contributed by atoms with Crippen molar-refractivity contribution in [2.45, 2.75) is 37.8 Å². The van der Waals surface area contributed by atoms with E-state index in [2.05, 4.69) is 20.2 Å². The van der Waals surface area contributed by atoms with Crippen LogP contribution in [0.25, 0.3) is 0 Å². The molecular formula is C17H28N6O.